The van der Waals surface area contributed by atoms with E-state index in [9.17, 15) is 0 Å². The fourth-order valence-corrected chi connectivity index (χ4v) is 6.29. The number of rotatable bonds is 2. The van der Waals surface area contributed by atoms with E-state index >= 15 is 0 Å². The van der Waals surface area contributed by atoms with Crippen molar-refractivity contribution in [3.05, 3.63) is 35.9 Å². The molecule has 5 rings (SSSR count). The molecule has 19 heavy (non-hydrogen) atoms. The van der Waals surface area contributed by atoms with Crippen LogP contribution in [0.2, 0.25) is 0 Å². The summed E-state index contributed by atoms with van der Waals surface area (Å²) >= 11 is 0. The van der Waals surface area contributed by atoms with Crippen LogP contribution in [0.25, 0.3) is 0 Å². The Morgan fingerprint density at radius 3 is 2.21 bits per heavy atom. The van der Waals surface area contributed by atoms with E-state index < -0.39 is 0 Å². The zero-order valence-electron chi connectivity index (χ0n) is 11.9. The molecule has 0 heterocycles. The van der Waals surface area contributed by atoms with Gasteiger partial charge in [-0.3, -0.25) is 0 Å². The fourth-order valence-electron chi connectivity index (χ4n) is 6.29. The van der Waals surface area contributed by atoms with Crippen molar-refractivity contribution in [3.63, 3.8) is 0 Å². The molecule has 1 aromatic carbocycles. The van der Waals surface area contributed by atoms with Gasteiger partial charge in [0, 0.05) is 11.0 Å². The molecule has 3 unspecified atom stereocenters. The molecule has 4 fully saturated rings. The van der Waals surface area contributed by atoms with Gasteiger partial charge in [-0.1, -0.05) is 37.3 Å². The Balaban J connectivity index is 1.87. The molecule has 4 saturated carbocycles. The third-order valence-electron chi connectivity index (χ3n) is 6.64. The highest BCUT2D eigenvalue weighted by Gasteiger charge is 2.63. The maximum atomic E-state index is 7.04. The number of benzene rings is 1. The second-order valence-electron chi connectivity index (χ2n) is 7.39. The average Bonchev–Trinajstić information content (AvgIpc) is 2.39. The third-order valence-corrected chi connectivity index (χ3v) is 6.64. The lowest BCUT2D eigenvalue weighted by Gasteiger charge is -2.66. The van der Waals surface area contributed by atoms with Gasteiger partial charge in [-0.25, -0.2) is 0 Å². The Labute approximate surface area is 116 Å². The summed E-state index contributed by atoms with van der Waals surface area (Å²) < 4.78 is 0. The predicted molar refractivity (Wildman–Crippen MR) is 78.9 cm³/mol. The first-order valence-corrected chi connectivity index (χ1v) is 8.02. The SMILES string of the molecule is CC[C@@]1(c2ccccc2)C2CC3C[C@@H](C2)CC1(N)C3. The molecule has 0 aliphatic heterocycles. The smallest absolute Gasteiger partial charge is 0.0260 e. The Bertz CT molecular complexity index is 466. The van der Waals surface area contributed by atoms with Gasteiger partial charge in [0.25, 0.3) is 0 Å². The monoisotopic (exact) mass is 255 g/mol. The van der Waals surface area contributed by atoms with Gasteiger partial charge in [0.15, 0.2) is 0 Å². The fraction of sp³-hybridized carbons (Fsp3) is 0.667. The quantitative estimate of drug-likeness (QED) is 0.853. The van der Waals surface area contributed by atoms with E-state index in [0.29, 0.717) is 0 Å². The van der Waals surface area contributed by atoms with E-state index in [1.54, 1.807) is 0 Å². The van der Waals surface area contributed by atoms with Crippen molar-refractivity contribution in [2.24, 2.45) is 23.5 Å². The highest BCUT2D eigenvalue weighted by atomic mass is 14.9. The van der Waals surface area contributed by atoms with Gasteiger partial charge in [0.1, 0.15) is 0 Å². The minimum absolute atomic E-state index is 0.0673. The maximum Gasteiger partial charge on any atom is 0.0260 e. The Morgan fingerprint density at radius 2 is 1.68 bits per heavy atom. The maximum absolute atomic E-state index is 7.04. The van der Waals surface area contributed by atoms with Crippen LogP contribution in [0.5, 0.6) is 0 Å². The van der Waals surface area contributed by atoms with Crippen molar-refractivity contribution >= 4 is 0 Å². The Morgan fingerprint density at radius 1 is 1.05 bits per heavy atom. The molecule has 0 spiro atoms. The van der Waals surface area contributed by atoms with Crippen molar-refractivity contribution in [3.8, 4) is 0 Å². The van der Waals surface area contributed by atoms with Crippen LogP contribution in [-0.2, 0) is 5.41 Å². The van der Waals surface area contributed by atoms with Crippen molar-refractivity contribution in [1.29, 1.82) is 0 Å². The van der Waals surface area contributed by atoms with Crippen LogP contribution in [0.15, 0.2) is 30.3 Å². The molecule has 2 N–H and O–H groups in total. The molecular formula is C18H25N. The van der Waals surface area contributed by atoms with E-state index in [-0.39, 0.29) is 11.0 Å². The Kier molecular flexibility index (Phi) is 2.42. The summed E-state index contributed by atoms with van der Waals surface area (Å²) in [7, 11) is 0. The molecule has 0 radical (unpaired) electrons. The molecule has 102 valence electrons. The van der Waals surface area contributed by atoms with Crippen LogP contribution in [0.1, 0.15) is 51.0 Å². The van der Waals surface area contributed by atoms with Crippen LogP contribution in [-0.4, -0.2) is 5.54 Å². The van der Waals surface area contributed by atoms with Crippen molar-refractivity contribution < 1.29 is 0 Å². The summed E-state index contributed by atoms with van der Waals surface area (Å²) in [5.41, 5.74) is 8.88. The van der Waals surface area contributed by atoms with Crippen LogP contribution in [0.4, 0.5) is 0 Å². The van der Waals surface area contributed by atoms with Gasteiger partial charge in [0.05, 0.1) is 0 Å². The van der Waals surface area contributed by atoms with Crippen molar-refractivity contribution in [2.75, 3.05) is 0 Å². The summed E-state index contributed by atoms with van der Waals surface area (Å²) in [5.74, 6) is 2.67. The van der Waals surface area contributed by atoms with Crippen molar-refractivity contribution in [1.82, 2.24) is 0 Å². The van der Waals surface area contributed by atoms with Crippen LogP contribution in [0, 0.1) is 17.8 Å². The summed E-state index contributed by atoms with van der Waals surface area (Å²) in [6.45, 7) is 2.36. The van der Waals surface area contributed by atoms with E-state index in [0.717, 1.165) is 17.8 Å². The number of nitrogens with two attached hydrogens (primary N) is 1. The molecule has 1 heteroatoms. The molecule has 4 aliphatic carbocycles. The lowest BCUT2D eigenvalue weighted by Crippen LogP contribution is -2.70. The number of hydrogen-bond acceptors (Lipinski definition) is 1. The van der Waals surface area contributed by atoms with Crippen molar-refractivity contribution in [2.45, 2.75) is 56.4 Å². The standard InChI is InChI=1S/C18H25N/c1-2-18(15-6-4-3-5-7-15)16-9-13-8-14(10-16)12-17(18,19)11-13/h3-7,13-14,16H,2,8-12,19H2,1H3/t13-,14?,16?,17?,18+/m0/s1. The van der Waals surface area contributed by atoms with Gasteiger partial charge in [-0.2, -0.15) is 0 Å². The van der Waals surface area contributed by atoms with E-state index in [4.69, 9.17) is 5.73 Å². The molecule has 4 bridgehead atoms. The predicted octanol–water partition coefficient (Wildman–Crippen LogP) is 3.87. The second kappa shape index (κ2) is 3.85. The first-order chi connectivity index (χ1) is 9.18. The summed E-state index contributed by atoms with van der Waals surface area (Å²) in [5, 5.41) is 0. The van der Waals surface area contributed by atoms with E-state index in [2.05, 4.69) is 37.3 Å². The largest absolute Gasteiger partial charge is 0.324 e. The van der Waals surface area contributed by atoms with Gasteiger partial charge < -0.3 is 5.73 Å². The van der Waals surface area contributed by atoms with Gasteiger partial charge in [0.2, 0.25) is 0 Å². The minimum Gasteiger partial charge on any atom is -0.324 e. The highest BCUT2D eigenvalue weighted by Crippen LogP contribution is 2.64. The molecule has 1 nitrogen and oxygen atoms in total. The number of hydrogen-bond donors (Lipinski definition) is 1. The van der Waals surface area contributed by atoms with E-state index in [1.165, 1.54) is 44.1 Å². The van der Waals surface area contributed by atoms with Crippen LogP contribution in [0.3, 0.4) is 0 Å². The summed E-state index contributed by atoms with van der Waals surface area (Å²) in [6.07, 6.45) is 8.06. The molecular weight excluding hydrogens is 230 g/mol. The molecule has 1 aromatic rings. The first-order valence-electron chi connectivity index (χ1n) is 8.02. The van der Waals surface area contributed by atoms with Crippen LogP contribution >= 0.6 is 0 Å². The summed E-state index contributed by atoms with van der Waals surface area (Å²) in [4.78, 5) is 0. The molecule has 0 aromatic heterocycles. The second-order valence-corrected chi connectivity index (χ2v) is 7.39. The lowest BCUT2D eigenvalue weighted by molar-refractivity contribution is -0.0812. The Hall–Kier alpha value is -0.820. The van der Waals surface area contributed by atoms with Crippen LogP contribution < -0.4 is 5.73 Å². The topological polar surface area (TPSA) is 26.0 Å². The molecule has 4 aliphatic rings. The van der Waals surface area contributed by atoms with Gasteiger partial charge >= 0.3 is 0 Å². The van der Waals surface area contributed by atoms with E-state index in [1.807, 2.05) is 0 Å². The molecule has 5 atom stereocenters. The molecule has 0 saturated heterocycles. The average molecular weight is 255 g/mol. The normalized spacial score (nSPS) is 47.6. The third kappa shape index (κ3) is 1.40. The summed E-state index contributed by atoms with van der Waals surface area (Å²) in [6, 6.07) is 11.2. The highest BCUT2D eigenvalue weighted by molar-refractivity contribution is 5.36. The zero-order chi connectivity index (χ0) is 13.1. The zero-order valence-corrected chi connectivity index (χ0v) is 11.9. The lowest BCUT2D eigenvalue weighted by atomic mass is 9.40. The molecule has 0 amide bonds. The minimum atomic E-state index is 0.0673. The van der Waals surface area contributed by atoms with Gasteiger partial charge in [-0.15, -0.1) is 0 Å². The van der Waals surface area contributed by atoms with Gasteiger partial charge in [-0.05, 0) is 61.8 Å². The first kappa shape index (κ1) is 12.0.